The Morgan fingerprint density at radius 3 is 2.86 bits per heavy atom. The first-order chi connectivity index (χ1) is 10.5. The average Bonchev–Trinajstić information content (AvgIpc) is 2.89. The summed E-state index contributed by atoms with van der Waals surface area (Å²) in [4.78, 5) is 26.2. The number of rotatable bonds is 2. The first-order valence-corrected chi connectivity index (χ1v) is 6.86. The molecule has 1 aromatic rings. The number of nitrogens with zero attached hydrogens (tertiary/aromatic N) is 3. The van der Waals surface area contributed by atoms with Crippen molar-refractivity contribution in [1.29, 1.82) is 0 Å². The summed E-state index contributed by atoms with van der Waals surface area (Å²) in [5.41, 5.74) is 7.78. The lowest BCUT2D eigenvalue weighted by molar-refractivity contribution is -0.124. The Bertz CT molecular complexity index is 673. The van der Waals surface area contributed by atoms with Crippen LogP contribution in [-0.4, -0.2) is 42.7 Å². The minimum absolute atomic E-state index is 0.117. The molecule has 0 spiro atoms. The summed E-state index contributed by atoms with van der Waals surface area (Å²) < 4.78 is 4.94. The van der Waals surface area contributed by atoms with Gasteiger partial charge in [0.15, 0.2) is 6.10 Å². The zero-order valence-corrected chi connectivity index (χ0v) is 12.0. The third-order valence-electron chi connectivity index (χ3n) is 3.99. The highest BCUT2D eigenvalue weighted by Gasteiger charge is 2.36. The van der Waals surface area contributed by atoms with Gasteiger partial charge >= 0.3 is 6.09 Å². The molecule has 3 rings (SSSR count). The summed E-state index contributed by atoms with van der Waals surface area (Å²) in [7, 11) is 1.82. The van der Waals surface area contributed by atoms with Gasteiger partial charge in [-0.25, -0.2) is 4.79 Å². The lowest BCUT2D eigenvalue weighted by atomic mass is 10.0. The fourth-order valence-corrected chi connectivity index (χ4v) is 2.76. The molecular formula is C14H16N4O4. The van der Waals surface area contributed by atoms with Crippen LogP contribution in [-0.2, 0) is 16.0 Å². The van der Waals surface area contributed by atoms with Crippen molar-refractivity contribution in [2.75, 3.05) is 23.4 Å². The molecule has 2 aliphatic rings. The molecule has 2 amide bonds. The Morgan fingerprint density at radius 1 is 1.45 bits per heavy atom. The van der Waals surface area contributed by atoms with Gasteiger partial charge in [-0.05, 0) is 30.2 Å². The summed E-state index contributed by atoms with van der Waals surface area (Å²) >= 11 is 0. The lowest BCUT2D eigenvalue weighted by Gasteiger charge is -2.29. The van der Waals surface area contributed by atoms with Crippen LogP contribution in [0.15, 0.2) is 23.4 Å². The molecule has 22 heavy (non-hydrogen) atoms. The molecule has 1 aromatic carbocycles. The van der Waals surface area contributed by atoms with Crippen LogP contribution in [0.4, 0.5) is 16.2 Å². The third kappa shape index (κ3) is 2.22. The van der Waals surface area contributed by atoms with Crippen LogP contribution in [0.25, 0.3) is 0 Å². The van der Waals surface area contributed by atoms with Crippen molar-refractivity contribution in [1.82, 2.24) is 0 Å². The van der Waals surface area contributed by atoms with E-state index in [4.69, 9.17) is 15.7 Å². The highest BCUT2D eigenvalue weighted by molar-refractivity contribution is 6.00. The average molecular weight is 304 g/mol. The molecule has 2 aliphatic heterocycles. The Labute approximate surface area is 126 Å². The van der Waals surface area contributed by atoms with Gasteiger partial charge in [-0.2, -0.15) is 0 Å². The number of primary amides is 1. The highest BCUT2D eigenvalue weighted by Crippen LogP contribution is 2.32. The third-order valence-corrected chi connectivity index (χ3v) is 3.99. The van der Waals surface area contributed by atoms with E-state index >= 15 is 0 Å². The van der Waals surface area contributed by atoms with E-state index in [9.17, 15) is 9.59 Å². The van der Waals surface area contributed by atoms with Crippen molar-refractivity contribution in [3.63, 3.8) is 0 Å². The largest absolute Gasteiger partial charge is 0.434 e. The molecule has 0 saturated carbocycles. The topological polar surface area (TPSA) is 108 Å². The Kier molecular flexibility index (Phi) is 3.36. The fraction of sp³-hybridized carbons (Fsp3) is 0.357. The standard InChI is InChI=1S/C14H16N4O4/c1-17-10-4-3-9(6-8(10)2-5-12(17)16-21)18-7-11(13(15)19)22-14(18)20/h3-4,6,11,21H,2,5,7H2,1H3,(H2,15,19). The summed E-state index contributed by atoms with van der Waals surface area (Å²) in [6, 6.07) is 5.49. The highest BCUT2D eigenvalue weighted by atomic mass is 16.6. The van der Waals surface area contributed by atoms with Crippen LogP contribution in [0.2, 0.25) is 0 Å². The Balaban J connectivity index is 1.89. The molecule has 1 fully saturated rings. The number of hydrogen-bond donors (Lipinski definition) is 2. The van der Waals surface area contributed by atoms with Gasteiger partial charge in [0.2, 0.25) is 0 Å². The van der Waals surface area contributed by atoms with Crippen molar-refractivity contribution in [3.05, 3.63) is 23.8 Å². The number of benzene rings is 1. The van der Waals surface area contributed by atoms with E-state index in [-0.39, 0.29) is 6.54 Å². The SMILES string of the molecule is CN1C(=NO)CCc2cc(N3CC(C(N)=O)OC3=O)ccc21. The quantitative estimate of drug-likeness (QED) is 0.616. The van der Waals surface area contributed by atoms with Crippen LogP contribution in [0.1, 0.15) is 12.0 Å². The van der Waals surface area contributed by atoms with Crippen molar-refractivity contribution in [2.45, 2.75) is 18.9 Å². The molecule has 2 heterocycles. The first kappa shape index (κ1) is 14.2. The minimum atomic E-state index is -0.917. The van der Waals surface area contributed by atoms with Crippen LogP contribution >= 0.6 is 0 Å². The first-order valence-electron chi connectivity index (χ1n) is 6.86. The van der Waals surface area contributed by atoms with E-state index in [0.717, 1.165) is 11.3 Å². The molecular weight excluding hydrogens is 288 g/mol. The molecule has 1 atom stereocenters. The van der Waals surface area contributed by atoms with Crippen LogP contribution in [0.5, 0.6) is 0 Å². The molecule has 1 saturated heterocycles. The molecule has 0 aromatic heterocycles. The monoisotopic (exact) mass is 304 g/mol. The number of nitrogens with two attached hydrogens (primary N) is 1. The number of anilines is 2. The van der Waals surface area contributed by atoms with E-state index in [2.05, 4.69) is 5.16 Å². The predicted octanol–water partition coefficient (Wildman–Crippen LogP) is 0.667. The molecule has 0 bridgehead atoms. The Hall–Kier alpha value is -2.77. The number of aryl methyl sites for hydroxylation is 1. The predicted molar refractivity (Wildman–Crippen MR) is 79.2 cm³/mol. The zero-order chi connectivity index (χ0) is 15.9. The van der Waals surface area contributed by atoms with Gasteiger partial charge in [0, 0.05) is 24.8 Å². The number of carbonyl (C=O) groups excluding carboxylic acids is 2. The summed E-state index contributed by atoms with van der Waals surface area (Å²) in [5, 5.41) is 12.2. The van der Waals surface area contributed by atoms with Gasteiger partial charge in [0.05, 0.1) is 6.54 Å². The van der Waals surface area contributed by atoms with Crippen LogP contribution in [0, 0.1) is 0 Å². The second kappa shape index (κ2) is 5.21. The smallest absolute Gasteiger partial charge is 0.415 e. The molecule has 8 nitrogen and oxygen atoms in total. The lowest BCUT2D eigenvalue weighted by Crippen LogP contribution is -2.33. The number of amides is 2. The van der Waals surface area contributed by atoms with E-state index in [1.165, 1.54) is 4.90 Å². The second-order valence-electron chi connectivity index (χ2n) is 5.27. The zero-order valence-electron chi connectivity index (χ0n) is 12.0. The van der Waals surface area contributed by atoms with Crippen molar-refractivity contribution < 1.29 is 19.5 Å². The number of amidine groups is 1. The molecule has 116 valence electrons. The maximum absolute atomic E-state index is 11.9. The van der Waals surface area contributed by atoms with Crippen LogP contribution in [0.3, 0.4) is 0 Å². The van der Waals surface area contributed by atoms with Crippen molar-refractivity contribution in [3.8, 4) is 0 Å². The van der Waals surface area contributed by atoms with E-state index < -0.39 is 18.1 Å². The van der Waals surface area contributed by atoms with Gasteiger partial charge in [-0.3, -0.25) is 9.69 Å². The summed E-state index contributed by atoms with van der Waals surface area (Å²) in [5.74, 6) is -0.0630. The van der Waals surface area contributed by atoms with Gasteiger partial charge in [-0.1, -0.05) is 5.16 Å². The number of ether oxygens (including phenoxy) is 1. The molecule has 0 radical (unpaired) electrons. The summed E-state index contributed by atoms with van der Waals surface area (Å²) in [6.07, 6.45) is -0.183. The van der Waals surface area contributed by atoms with E-state index in [1.54, 1.807) is 11.0 Å². The van der Waals surface area contributed by atoms with Crippen molar-refractivity contribution >= 4 is 29.2 Å². The number of carbonyl (C=O) groups is 2. The van der Waals surface area contributed by atoms with Gasteiger partial charge in [0.25, 0.3) is 5.91 Å². The molecule has 0 aliphatic carbocycles. The number of cyclic esters (lactones) is 1. The van der Waals surface area contributed by atoms with E-state index in [1.807, 2.05) is 19.2 Å². The maximum Gasteiger partial charge on any atom is 0.415 e. The normalized spacial score (nSPS) is 22.7. The van der Waals surface area contributed by atoms with E-state index in [0.29, 0.717) is 24.4 Å². The number of fused-ring (bicyclic) bond motifs is 1. The number of hydrogen-bond acceptors (Lipinski definition) is 5. The number of oxime groups is 1. The summed E-state index contributed by atoms with van der Waals surface area (Å²) in [6.45, 7) is 0.117. The van der Waals surface area contributed by atoms with Crippen molar-refractivity contribution in [2.24, 2.45) is 10.9 Å². The molecule has 3 N–H and O–H groups in total. The van der Waals surface area contributed by atoms with Gasteiger partial charge in [-0.15, -0.1) is 0 Å². The molecule has 8 heteroatoms. The maximum atomic E-state index is 11.9. The van der Waals surface area contributed by atoms with Gasteiger partial charge in [0.1, 0.15) is 5.84 Å². The minimum Gasteiger partial charge on any atom is -0.434 e. The fourth-order valence-electron chi connectivity index (χ4n) is 2.76. The van der Waals surface area contributed by atoms with Crippen LogP contribution < -0.4 is 15.5 Å². The Morgan fingerprint density at radius 2 is 2.23 bits per heavy atom. The molecule has 1 unspecified atom stereocenters. The second-order valence-corrected chi connectivity index (χ2v) is 5.27. The van der Waals surface area contributed by atoms with Gasteiger partial charge < -0.3 is 20.6 Å².